The van der Waals surface area contributed by atoms with Crippen LogP contribution in [0, 0.1) is 0 Å². The van der Waals surface area contributed by atoms with Gasteiger partial charge in [-0.3, -0.25) is 14.8 Å². The number of nitrogens with zero attached hydrogens (tertiary/aromatic N) is 2. The minimum Gasteiger partial charge on any atom is -0.496 e. The summed E-state index contributed by atoms with van der Waals surface area (Å²) >= 11 is 0. The molecule has 0 bridgehead atoms. The molecule has 98 valence electrons. The van der Waals surface area contributed by atoms with Crippen molar-refractivity contribution >= 4 is 5.78 Å². The number of benzene rings is 1. The third-order valence-electron chi connectivity index (χ3n) is 2.93. The lowest BCUT2D eigenvalue weighted by Gasteiger charge is -2.09. The fraction of sp³-hybridized carbons (Fsp3) is 0.267. The van der Waals surface area contributed by atoms with Gasteiger partial charge in [-0.1, -0.05) is 13.0 Å². The minimum absolute atomic E-state index is 0.00681. The van der Waals surface area contributed by atoms with Crippen LogP contribution in [0.5, 0.6) is 5.75 Å². The molecule has 1 aromatic carbocycles. The first-order valence-electron chi connectivity index (χ1n) is 6.19. The molecule has 0 saturated heterocycles. The van der Waals surface area contributed by atoms with Crippen LogP contribution in [0.25, 0.3) is 0 Å². The Hall–Kier alpha value is -2.23. The summed E-state index contributed by atoms with van der Waals surface area (Å²) in [5, 5.41) is 0. The topological polar surface area (TPSA) is 52.1 Å². The van der Waals surface area contributed by atoms with Gasteiger partial charge in [-0.2, -0.15) is 0 Å². The van der Waals surface area contributed by atoms with E-state index in [-0.39, 0.29) is 12.2 Å². The van der Waals surface area contributed by atoms with E-state index < -0.39 is 0 Å². The van der Waals surface area contributed by atoms with Gasteiger partial charge in [0.15, 0.2) is 5.78 Å². The third-order valence-corrected chi connectivity index (χ3v) is 2.93. The van der Waals surface area contributed by atoms with Crippen LogP contribution in [0.2, 0.25) is 0 Å². The number of rotatable bonds is 5. The molecule has 0 atom stereocenters. The average Bonchev–Trinajstić information content (AvgIpc) is 2.47. The Kier molecular flexibility index (Phi) is 4.23. The summed E-state index contributed by atoms with van der Waals surface area (Å²) < 4.78 is 5.25. The first-order valence-corrected chi connectivity index (χ1v) is 6.19. The molecule has 0 aliphatic carbocycles. The van der Waals surface area contributed by atoms with E-state index >= 15 is 0 Å². The maximum Gasteiger partial charge on any atom is 0.172 e. The number of Topliss-reactive ketones (excluding diaryl/α,β-unsaturated/α-hetero) is 1. The fourth-order valence-electron chi connectivity index (χ4n) is 1.87. The Bertz CT molecular complexity index is 568. The maximum atomic E-state index is 12.3. The number of aromatic nitrogens is 2. The van der Waals surface area contributed by atoms with Gasteiger partial charge in [0.05, 0.1) is 24.8 Å². The van der Waals surface area contributed by atoms with Crippen LogP contribution < -0.4 is 4.74 Å². The van der Waals surface area contributed by atoms with Crippen LogP contribution in [-0.2, 0) is 12.8 Å². The van der Waals surface area contributed by atoms with Crippen molar-refractivity contribution in [3.8, 4) is 5.75 Å². The van der Waals surface area contributed by atoms with Gasteiger partial charge in [-0.05, 0) is 24.1 Å². The van der Waals surface area contributed by atoms with Crippen LogP contribution in [0.1, 0.15) is 28.5 Å². The largest absolute Gasteiger partial charge is 0.496 e. The van der Waals surface area contributed by atoms with Crippen molar-refractivity contribution in [2.75, 3.05) is 7.11 Å². The van der Waals surface area contributed by atoms with Crippen molar-refractivity contribution in [3.63, 3.8) is 0 Å². The number of methoxy groups -OCH3 is 1. The zero-order valence-corrected chi connectivity index (χ0v) is 11.1. The molecule has 0 radical (unpaired) electrons. The molecule has 0 aliphatic rings. The van der Waals surface area contributed by atoms with E-state index in [2.05, 4.69) is 16.9 Å². The Morgan fingerprint density at radius 3 is 2.79 bits per heavy atom. The highest BCUT2D eigenvalue weighted by atomic mass is 16.5. The predicted octanol–water partition coefficient (Wildman–Crippen LogP) is 2.47. The number of aryl methyl sites for hydroxylation is 1. The zero-order valence-electron chi connectivity index (χ0n) is 11.1. The Balaban J connectivity index is 2.27. The van der Waals surface area contributed by atoms with E-state index in [0.717, 1.165) is 12.0 Å². The maximum absolute atomic E-state index is 12.3. The highest BCUT2D eigenvalue weighted by Crippen LogP contribution is 2.21. The Labute approximate surface area is 112 Å². The molecule has 0 spiro atoms. The molecule has 0 N–H and O–H groups in total. The summed E-state index contributed by atoms with van der Waals surface area (Å²) in [6, 6.07) is 5.69. The molecule has 0 amide bonds. The summed E-state index contributed by atoms with van der Waals surface area (Å²) in [6.07, 6.45) is 5.90. The van der Waals surface area contributed by atoms with E-state index in [1.54, 1.807) is 25.7 Å². The molecule has 0 unspecified atom stereocenters. The second kappa shape index (κ2) is 6.09. The monoisotopic (exact) mass is 256 g/mol. The van der Waals surface area contributed by atoms with E-state index in [0.29, 0.717) is 17.0 Å². The van der Waals surface area contributed by atoms with Crippen molar-refractivity contribution in [2.24, 2.45) is 0 Å². The third kappa shape index (κ3) is 3.16. The first kappa shape index (κ1) is 13.2. The van der Waals surface area contributed by atoms with E-state index in [1.165, 1.54) is 0 Å². The predicted molar refractivity (Wildman–Crippen MR) is 72.4 cm³/mol. The fourth-order valence-corrected chi connectivity index (χ4v) is 1.87. The van der Waals surface area contributed by atoms with Crippen molar-refractivity contribution in [2.45, 2.75) is 19.8 Å². The van der Waals surface area contributed by atoms with Gasteiger partial charge >= 0.3 is 0 Å². The van der Waals surface area contributed by atoms with Gasteiger partial charge in [0.2, 0.25) is 0 Å². The summed E-state index contributed by atoms with van der Waals surface area (Å²) in [7, 11) is 1.57. The second-order valence-corrected chi connectivity index (χ2v) is 4.18. The highest BCUT2D eigenvalue weighted by Gasteiger charge is 2.14. The Morgan fingerprint density at radius 2 is 2.16 bits per heavy atom. The molecular formula is C15H16N2O2. The molecule has 1 heterocycles. The Morgan fingerprint density at radius 1 is 1.32 bits per heavy atom. The number of carbonyl (C=O) groups is 1. The van der Waals surface area contributed by atoms with Crippen molar-refractivity contribution in [1.29, 1.82) is 0 Å². The van der Waals surface area contributed by atoms with Crippen LogP contribution in [0.4, 0.5) is 0 Å². The van der Waals surface area contributed by atoms with E-state index in [9.17, 15) is 4.79 Å². The van der Waals surface area contributed by atoms with Crippen LogP contribution in [-0.4, -0.2) is 22.9 Å². The summed E-state index contributed by atoms with van der Waals surface area (Å²) in [5.74, 6) is 0.596. The summed E-state index contributed by atoms with van der Waals surface area (Å²) in [5.41, 5.74) is 2.38. The standard InChI is InChI=1S/C15H16N2O2/c1-3-11-4-5-15(19-2)13(8-11)14(18)9-12-10-16-6-7-17-12/h4-8,10H,3,9H2,1-2H3. The first-order chi connectivity index (χ1) is 9.24. The second-order valence-electron chi connectivity index (χ2n) is 4.18. The van der Waals surface area contributed by atoms with Gasteiger partial charge in [0.1, 0.15) is 5.75 Å². The lowest BCUT2D eigenvalue weighted by atomic mass is 10.0. The minimum atomic E-state index is -0.00681. The van der Waals surface area contributed by atoms with Crippen LogP contribution >= 0.6 is 0 Å². The molecular weight excluding hydrogens is 240 g/mol. The van der Waals surface area contributed by atoms with Gasteiger partial charge in [0, 0.05) is 18.6 Å². The van der Waals surface area contributed by atoms with Gasteiger partial charge in [0.25, 0.3) is 0 Å². The molecule has 0 fully saturated rings. The van der Waals surface area contributed by atoms with Gasteiger partial charge in [-0.25, -0.2) is 0 Å². The lowest BCUT2D eigenvalue weighted by Crippen LogP contribution is -2.08. The smallest absolute Gasteiger partial charge is 0.172 e. The molecule has 2 rings (SSSR count). The zero-order chi connectivity index (χ0) is 13.7. The molecule has 4 heteroatoms. The van der Waals surface area contributed by atoms with Crippen molar-refractivity contribution in [1.82, 2.24) is 9.97 Å². The molecule has 19 heavy (non-hydrogen) atoms. The van der Waals surface area contributed by atoms with Crippen LogP contribution in [0.15, 0.2) is 36.8 Å². The number of carbonyl (C=O) groups excluding carboxylic acids is 1. The van der Waals surface area contributed by atoms with E-state index in [1.807, 2.05) is 18.2 Å². The number of hydrogen-bond donors (Lipinski definition) is 0. The molecule has 0 saturated carbocycles. The van der Waals surface area contributed by atoms with E-state index in [4.69, 9.17) is 4.74 Å². The summed E-state index contributed by atoms with van der Waals surface area (Å²) in [6.45, 7) is 2.05. The number of ketones is 1. The summed E-state index contributed by atoms with van der Waals surface area (Å²) in [4.78, 5) is 20.4. The molecule has 4 nitrogen and oxygen atoms in total. The van der Waals surface area contributed by atoms with Gasteiger partial charge in [-0.15, -0.1) is 0 Å². The number of hydrogen-bond acceptors (Lipinski definition) is 4. The SMILES string of the molecule is CCc1ccc(OC)c(C(=O)Cc2cnccn2)c1. The lowest BCUT2D eigenvalue weighted by molar-refractivity contribution is 0.0989. The molecule has 0 aliphatic heterocycles. The quantitative estimate of drug-likeness (QED) is 0.771. The van der Waals surface area contributed by atoms with Crippen molar-refractivity contribution in [3.05, 3.63) is 53.6 Å². The number of ether oxygens (including phenoxy) is 1. The highest BCUT2D eigenvalue weighted by molar-refractivity contribution is 5.99. The van der Waals surface area contributed by atoms with Crippen LogP contribution in [0.3, 0.4) is 0 Å². The van der Waals surface area contributed by atoms with Crippen molar-refractivity contribution < 1.29 is 9.53 Å². The molecule has 2 aromatic rings. The normalized spacial score (nSPS) is 10.2. The van der Waals surface area contributed by atoms with Gasteiger partial charge < -0.3 is 4.74 Å². The average molecular weight is 256 g/mol. The molecule has 1 aromatic heterocycles.